The molecule has 1 amide bonds. The van der Waals surface area contributed by atoms with E-state index in [9.17, 15) is 23.1 Å². The van der Waals surface area contributed by atoms with Crippen LogP contribution < -0.4 is 18.9 Å². The average Bonchev–Trinajstić information content (AvgIpc) is 2.92. The second-order valence-corrected chi connectivity index (χ2v) is 12.4. The lowest BCUT2D eigenvalue weighted by molar-refractivity contribution is 0.0935. The maximum atomic E-state index is 12.7. The van der Waals surface area contributed by atoms with Crippen molar-refractivity contribution >= 4 is 21.7 Å². The molecule has 0 saturated carbocycles. The minimum absolute atomic E-state index is 0.0177. The summed E-state index contributed by atoms with van der Waals surface area (Å²) in [7, 11) is -2.56. The molecule has 0 aliphatic rings. The summed E-state index contributed by atoms with van der Waals surface area (Å²) in [5, 5.41) is 10.5. The topological polar surface area (TPSA) is 128 Å². The monoisotopic (exact) mass is 583 g/mol. The third-order valence-corrected chi connectivity index (χ3v) is 7.48. The second-order valence-electron chi connectivity index (χ2n) is 10.8. The van der Waals surface area contributed by atoms with Crippen molar-refractivity contribution in [1.82, 2.24) is 4.72 Å². The number of nitrogens with one attached hydrogen (secondary N) is 1. The van der Waals surface area contributed by atoms with Crippen LogP contribution in [0.15, 0.2) is 65.6 Å². The second kappa shape index (κ2) is 13.5. The number of unbranched alkanes of at least 4 members (excludes halogenated alkanes) is 1. The fraction of sp³-hybridized carbons (Fsp3) is 0.355. The number of carbonyl (C=O) groups is 2. The molecule has 3 rings (SSSR count). The van der Waals surface area contributed by atoms with Gasteiger partial charge in [0.05, 0.1) is 30.8 Å². The molecule has 220 valence electrons. The number of carbonyl (C=O) groups excluding carboxylic acids is 2. The number of hydrogen-bond donors (Lipinski definition) is 2. The van der Waals surface area contributed by atoms with Crippen LogP contribution in [-0.2, 0) is 10.0 Å². The fourth-order valence-electron chi connectivity index (χ4n) is 3.98. The molecule has 0 fully saturated rings. The Balaban J connectivity index is 1.53. The Morgan fingerprint density at radius 3 is 2.10 bits per heavy atom. The molecular formula is C31H37NO8S. The highest BCUT2D eigenvalue weighted by atomic mass is 32.2. The molecule has 0 aliphatic carbocycles. The van der Waals surface area contributed by atoms with Gasteiger partial charge in [-0.2, -0.15) is 0 Å². The molecule has 3 aromatic carbocycles. The molecule has 41 heavy (non-hydrogen) atoms. The van der Waals surface area contributed by atoms with Crippen molar-refractivity contribution in [2.45, 2.75) is 51.9 Å². The quantitative estimate of drug-likeness (QED) is 0.194. The van der Waals surface area contributed by atoms with Gasteiger partial charge >= 0.3 is 0 Å². The standard InChI is InChI=1S/C31H37NO8S/c1-21-26(16-14-24(29(21)34)25(33)20-31(2,3)4)39-17-9-10-18-40-28-19-22(13-15-27(28)38-5)30(35)32-41(36,37)23-11-7-6-8-12-23/h6-8,11-16,19,34H,9-10,17-18,20H2,1-5H3,(H,32,35). The lowest BCUT2D eigenvalue weighted by Crippen LogP contribution is -2.30. The third-order valence-electron chi connectivity index (χ3n) is 6.13. The lowest BCUT2D eigenvalue weighted by atomic mass is 9.87. The maximum absolute atomic E-state index is 12.7. The van der Waals surface area contributed by atoms with E-state index in [0.717, 1.165) is 0 Å². The van der Waals surface area contributed by atoms with Crippen LogP contribution in [0.25, 0.3) is 0 Å². The van der Waals surface area contributed by atoms with Gasteiger partial charge in [-0.15, -0.1) is 0 Å². The number of methoxy groups -OCH3 is 1. The van der Waals surface area contributed by atoms with Crippen molar-refractivity contribution in [3.63, 3.8) is 0 Å². The Labute approximate surface area is 241 Å². The molecule has 2 N–H and O–H groups in total. The Morgan fingerprint density at radius 1 is 0.878 bits per heavy atom. The zero-order valence-electron chi connectivity index (χ0n) is 24.0. The SMILES string of the molecule is COc1ccc(C(=O)NS(=O)(=O)c2ccccc2)cc1OCCCCOc1ccc(C(=O)CC(C)(C)C)c(O)c1C. The van der Waals surface area contributed by atoms with Crippen LogP contribution in [0.4, 0.5) is 0 Å². The minimum Gasteiger partial charge on any atom is -0.507 e. The van der Waals surface area contributed by atoms with Gasteiger partial charge in [0, 0.05) is 17.5 Å². The number of ketones is 1. The summed E-state index contributed by atoms with van der Waals surface area (Å²) < 4.78 is 44.0. The fourth-order valence-corrected chi connectivity index (χ4v) is 4.97. The number of amides is 1. The van der Waals surface area contributed by atoms with Gasteiger partial charge in [0.25, 0.3) is 15.9 Å². The Hall–Kier alpha value is -4.05. The number of aromatic hydroxyl groups is 1. The van der Waals surface area contributed by atoms with Crippen LogP contribution in [0.3, 0.4) is 0 Å². The van der Waals surface area contributed by atoms with E-state index >= 15 is 0 Å². The maximum Gasteiger partial charge on any atom is 0.265 e. The van der Waals surface area contributed by atoms with Crippen molar-refractivity contribution in [3.05, 3.63) is 77.4 Å². The van der Waals surface area contributed by atoms with Crippen molar-refractivity contribution in [1.29, 1.82) is 0 Å². The van der Waals surface area contributed by atoms with E-state index in [1.165, 1.54) is 37.4 Å². The van der Waals surface area contributed by atoms with E-state index in [4.69, 9.17) is 14.2 Å². The first-order valence-electron chi connectivity index (χ1n) is 13.2. The smallest absolute Gasteiger partial charge is 0.265 e. The Morgan fingerprint density at radius 2 is 1.49 bits per heavy atom. The zero-order valence-corrected chi connectivity index (χ0v) is 24.8. The Bertz CT molecular complexity index is 1480. The molecule has 0 saturated heterocycles. The predicted molar refractivity (Wildman–Crippen MR) is 156 cm³/mol. The first-order chi connectivity index (χ1) is 19.3. The molecular weight excluding hydrogens is 546 g/mol. The first-order valence-corrected chi connectivity index (χ1v) is 14.7. The summed E-state index contributed by atoms with van der Waals surface area (Å²) in [6, 6.07) is 15.3. The van der Waals surface area contributed by atoms with E-state index in [1.54, 1.807) is 37.3 Å². The van der Waals surface area contributed by atoms with E-state index in [-0.39, 0.29) is 34.0 Å². The van der Waals surface area contributed by atoms with Gasteiger partial charge in [-0.3, -0.25) is 9.59 Å². The van der Waals surface area contributed by atoms with Gasteiger partial charge in [0.1, 0.15) is 11.5 Å². The third kappa shape index (κ3) is 8.72. The van der Waals surface area contributed by atoms with Crippen molar-refractivity contribution < 1.29 is 37.3 Å². The van der Waals surface area contributed by atoms with Crippen LogP contribution >= 0.6 is 0 Å². The summed E-state index contributed by atoms with van der Waals surface area (Å²) in [4.78, 5) is 25.2. The van der Waals surface area contributed by atoms with Crippen LogP contribution in [0.1, 0.15) is 66.3 Å². The highest BCUT2D eigenvalue weighted by molar-refractivity contribution is 7.90. The summed E-state index contributed by atoms with van der Waals surface area (Å²) in [6.45, 7) is 8.27. The molecule has 9 nitrogen and oxygen atoms in total. The number of phenolic OH excluding ortho intramolecular Hbond substituents is 1. The molecule has 0 aliphatic heterocycles. The van der Waals surface area contributed by atoms with Gasteiger partial charge < -0.3 is 19.3 Å². The molecule has 3 aromatic rings. The molecule has 0 bridgehead atoms. The molecule has 0 spiro atoms. The van der Waals surface area contributed by atoms with Gasteiger partial charge in [-0.05, 0) is 67.6 Å². The number of rotatable bonds is 13. The van der Waals surface area contributed by atoms with Gasteiger partial charge in [0.15, 0.2) is 17.3 Å². The summed E-state index contributed by atoms with van der Waals surface area (Å²) in [5.74, 6) is 0.232. The number of sulfonamides is 1. The molecule has 0 unspecified atom stereocenters. The van der Waals surface area contributed by atoms with Crippen LogP contribution in [0.2, 0.25) is 0 Å². The number of hydrogen-bond acceptors (Lipinski definition) is 8. The summed E-state index contributed by atoms with van der Waals surface area (Å²) >= 11 is 0. The number of Topliss-reactive ketones (excluding diaryl/α,β-unsaturated/α-hetero) is 1. The van der Waals surface area contributed by atoms with Crippen molar-refractivity contribution in [3.8, 4) is 23.0 Å². The normalized spacial score (nSPS) is 11.5. The van der Waals surface area contributed by atoms with E-state index in [1.807, 2.05) is 20.8 Å². The van der Waals surface area contributed by atoms with Crippen molar-refractivity contribution in [2.24, 2.45) is 5.41 Å². The van der Waals surface area contributed by atoms with Gasteiger partial charge in [0.2, 0.25) is 0 Å². The van der Waals surface area contributed by atoms with Crippen LogP contribution in [0.5, 0.6) is 23.0 Å². The predicted octanol–water partition coefficient (Wildman–Crippen LogP) is 5.68. The summed E-state index contributed by atoms with van der Waals surface area (Å²) in [6.07, 6.45) is 1.56. The molecule has 0 heterocycles. The highest BCUT2D eigenvalue weighted by Crippen LogP contribution is 2.33. The number of benzene rings is 3. The van der Waals surface area contributed by atoms with Gasteiger partial charge in [-0.25, -0.2) is 13.1 Å². The molecule has 10 heteroatoms. The summed E-state index contributed by atoms with van der Waals surface area (Å²) in [5.41, 5.74) is 0.717. The highest BCUT2D eigenvalue weighted by Gasteiger charge is 2.22. The lowest BCUT2D eigenvalue weighted by Gasteiger charge is -2.18. The Kier molecular flexibility index (Phi) is 10.4. The number of phenols is 1. The molecule has 0 radical (unpaired) electrons. The van der Waals surface area contributed by atoms with Crippen LogP contribution in [-0.4, -0.2) is 45.5 Å². The zero-order chi connectivity index (χ0) is 30.2. The minimum atomic E-state index is -4.02. The van der Waals surface area contributed by atoms with Crippen molar-refractivity contribution in [2.75, 3.05) is 20.3 Å². The number of ether oxygens (including phenoxy) is 3. The van der Waals surface area contributed by atoms with E-state index in [2.05, 4.69) is 4.72 Å². The van der Waals surface area contributed by atoms with Crippen LogP contribution in [0, 0.1) is 12.3 Å². The average molecular weight is 584 g/mol. The largest absolute Gasteiger partial charge is 0.507 e. The molecule has 0 atom stereocenters. The van der Waals surface area contributed by atoms with E-state index in [0.29, 0.717) is 54.2 Å². The van der Waals surface area contributed by atoms with Gasteiger partial charge in [-0.1, -0.05) is 39.0 Å². The van der Waals surface area contributed by atoms with E-state index < -0.39 is 15.9 Å². The first kappa shape index (κ1) is 31.5. The molecule has 0 aromatic heterocycles.